The summed E-state index contributed by atoms with van der Waals surface area (Å²) in [6, 6.07) is 7.77. The predicted octanol–water partition coefficient (Wildman–Crippen LogP) is 5.39. The van der Waals surface area contributed by atoms with Crippen LogP contribution in [0.1, 0.15) is 49.5 Å². The minimum atomic E-state index is 0.0561. The molecule has 3 aromatic rings. The molecular formula is C24H28N2O3S2. The lowest BCUT2D eigenvalue weighted by Crippen LogP contribution is -2.24. The Morgan fingerprint density at radius 1 is 1.19 bits per heavy atom. The van der Waals surface area contributed by atoms with Crippen molar-refractivity contribution in [2.45, 2.75) is 63.1 Å². The van der Waals surface area contributed by atoms with Gasteiger partial charge >= 0.3 is 0 Å². The number of benzene rings is 1. The number of hydrogen-bond donors (Lipinski definition) is 0. The molecule has 0 saturated carbocycles. The quantitative estimate of drug-likeness (QED) is 0.368. The Kier molecular flexibility index (Phi) is 6.34. The van der Waals surface area contributed by atoms with Gasteiger partial charge in [0.2, 0.25) is 0 Å². The minimum absolute atomic E-state index is 0.0561. The van der Waals surface area contributed by atoms with E-state index in [2.05, 4.69) is 0 Å². The number of fused-ring (bicyclic) bond motifs is 3. The van der Waals surface area contributed by atoms with Crippen molar-refractivity contribution in [1.82, 2.24) is 9.55 Å². The van der Waals surface area contributed by atoms with Crippen molar-refractivity contribution in [2.24, 2.45) is 0 Å². The highest BCUT2D eigenvalue weighted by Crippen LogP contribution is 2.35. The molecule has 0 bridgehead atoms. The van der Waals surface area contributed by atoms with Crippen molar-refractivity contribution in [1.29, 1.82) is 0 Å². The van der Waals surface area contributed by atoms with Crippen molar-refractivity contribution in [3.63, 3.8) is 0 Å². The SMILES string of the molecule is CCOc1ccc(-n2c(SC[C@@H]3CCCCO3)nc3sc4c(c3c2=O)CCCC4)cc1. The molecule has 1 atom stereocenters. The van der Waals surface area contributed by atoms with E-state index in [0.29, 0.717) is 6.61 Å². The molecule has 2 aliphatic rings. The lowest BCUT2D eigenvalue weighted by atomic mass is 9.97. The molecule has 0 radical (unpaired) electrons. The van der Waals surface area contributed by atoms with Crippen LogP contribution in [0.4, 0.5) is 0 Å². The van der Waals surface area contributed by atoms with Gasteiger partial charge in [-0.05, 0) is 81.7 Å². The normalized spacial score (nSPS) is 18.8. The zero-order valence-corrected chi connectivity index (χ0v) is 19.5. The van der Waals surface area contributed by atoms with Crippen molar-refractivity contribution < 1.29 is 9.47 Å². The van der Waals surface area contributed by atoms with Gasteiger partial charge < -0.3 is 9.47 Å². The summed E-state index contributed by atoms with van der Waals surface area (Å²) in [4.78, 5) is 21.1. The number of aromatic nitrogens is 2. The molecule has 164 valence electrons. The first-order valence-corrected chi connectivity index (χ1v) is 13.1. The lowest BCUT2D eigenvalue weighted by Gasteiger charge is -2.22. The maximum absolute atomic E-state index is 13.8. The van der Waals surface area contributed by atoms with Crippen LogP contribution in [0.5, 0.6) is 5.75 Å². The van der Waals surface area contributed by atoms with Crippen molar-refractivity contribution in [3.8, 4) is 11.4 Å². The molecule has 3 heterocycles. The van der Waals surface area contributed by atoms with Gasteiger partial charge in [0.1, 0.15) is 10.6 Å². The van der Waals surface area contributed by atoms with Gasteiger partial charge in [-0.2, -0.15) is 0 Å². The van der Waals surface area contributed by atoms with E-state index < -0.39 is 0 Å². The molecule has 7 heteroatoms. The van der Waals surface area contributed by atoms with Crippen LogP contribution in [-0.2, 0) is 17.6 Å². The molecule has 1 aromatic carbocycles. The van der Waals surface area contributed by atoms with Crippen LogP contribution in [0.3, 0.4) is 0 Å². The predicted molar refractivity (Wildman–Crippen MR) is 127 cm³/mol. The number of rotatable bonds is 6. The fraction of sp³-hybridized carbons (Fsp3) is 0.500. The number of nitrogens with zero attached hydrogens (tertiary/aromatic N) is 2. The number of hydrogen-bond acceptors (Lipinski definition) is 6. The smallest absolute Gasteiger partial charge is 0.267 e. The van der Waals surface area contributed by atoms with E-state index in [0.717, 1.165) is 71.3 Å². The molecular weight excluding hydrogens is 428 g/mol. The molecule has 1 aliphatic carbocycles. The zero-order chi connectivity index (χ0) is 21.2. The van der Waals surface area contributed by atoms with E-state index in [1.807, 2.05) is 31.2 Å². The first kappa shape index (κ1) is 21.0. The third kappa shape index (κ3) is 4.28. The highest BCUT2D eigenvalue weighted by Gasteiger charge is 2.24. The van der Waals surface area contributed by atoms with Gasteiger partial charge in [0.15, 0.2) is 5.16 Å². The molecule has 1 saturated heterocycles. The van der Waals surface area contributed by atoms with Crippen LogP contribution in [-0.4, -0.2) is 34.6 Å². The fourth-order valence-corrected chi connectivity index (χ4v) is 6.86. The van der Waals surface area contributed by atoms with Crippen LogP contribution in [0.15, 0.2) is 34.2 Å². The fourth-order valence-electron chi connectivity index (χ4n) is 4.48. The molecule has 1 fully saturated rings. The van der Waals surface area contributed by atoms with Gasteiger partial charge in [-0.3, -0.25) is 9.36 Å². The van der Waals surface area contributed by atoms with E-state index >= 15 is 0 Å². The highest BCUT2D eigenvalue weighted by atomic mass is 32.2. The third-order valence-electron chi connectivity index (χ3n) is 6.04. The average Bonchev–Trinajstić information content (AvgIpc) is 3.18. The van der Waals surface area contributed by atoms with Gasteiger partial charge in [0, 0.05) is 17.2 Å². The summed E-state index contributed by atoms with van der Waals surface area (Å²) >= 11 is 3.35. The Morgan fingerprint density at radius 2 is 2.03 bits per heavy atom. The summed E-state index contributed by atoms with van der Waals surface area (Å²) in [5.74, 6) is 1.63. The lowest BCUT2D eigenvalue weighted by molar-refractivity contribution is 0.0315. The Bertz CT molecular complexity index is 1110. The standard InChI is InChI=1S/C24H28N2O3S2/c1-2-28-17-12-10-16(11-13-17)26-23(27)21-19-8-3-4-9-20(19)31-22(21)25-24(26)30-15-18-7-5-6-14-29-18/h10-13,18H,2-9,14-15H2,1H3/t18-/m0/s1. The minimum Gasteiger partial charge on any atom is -0.494 e. The number of ether oxygens (including phenoxy) is 2. The maximum atomic E-state index is 13.8. The second kappa shape index (κ2) is 9.35. The Labute approximate surface area is 190 Å². The summed E-state index contributed by atoms with van der Waals surface area (Å²) in [7, 11) is 0. The first-order valence-electron chi connectivity index (χ1n) is 11.3. The summed E-state index contributed by atoms with van der Waals surface area (Å²) in [6.45, 7) is 3.43. The Hall–Kier alpha value is -1.83. The summed E-state index contributed by atoms with van der Waals surface area (Å²) in [5.41, 5.74) is 2.13. The number of thiophene rings is 1. The second-order valence-corrected chi connectivity index (χ2v) is 10.2. The molecule has 0 unspecified atom stereocenters. The van der Waals surface area contributed by atoms with Gasteiger partial charge in [0.25, 0.3) is 5.56 Å². The van der Waals surface area contributed by atoms with E-state index in [-0.39, 0.29) is 11.7 Å². The molecule has 0 spiro atoms. The first-order chi connectivity index (χ1) is 15.2. The van der Waals surface area contributed by atoms with E-state index in [4.69, 9.17) is 14.5 Å². The van der Waals surface area contributed by atoms with Crippen molar-refractivity contribution >= 4 is 33.3 Å². The van der Waals surface area contributed by atoms with E-state index in [9.17, 15) is 4.79 Å². The van der Waals surface area contributed by atoms with Gasteiger partial charge in [-0.15, -0.1) is 11.3 Å². The van der Waals surface area contributed by atoms with Crippen LogP contribution >= 0.6 is 23.1 Å². The van der Waals surface area contributed by atoms with Gasteiger partial charge in [-0.1, -0.05) is 11.8 Å². The summed E-state index contributed by atoms with van der Waals surface area (Å²) in [6.07, 6.45) is 8.07. The topological polar surface area (TPSA) is 53.4 Å². The maximum Gasteiger partial charge on any atom is 0.267 e. The summed E-state index contributed by atoms with van der Waals surface area (Å²) < 4.78 is 13.3. The van der Waals surface area contributed by atoms with Crippen LogP contribution < -0.4 is 10.3 Å². The molecule has 0 amide bonds. The van der Waals surface area contributed by atoms with Crippen LogP contribution in [0.25, 0.3) is 15.9 Å². The van der Waals surface area contributed by atoms with Crippen molar-refractivity contribution in [2.75, 3.05) is 19.0 Å². The van der Waals surface area contributed by atoms with Crippen LogP contribution in [0, 0.1) is 0 Å². The van der Waals surface area contributed by atoms with E-state index in [1.165, 1.54) is 23.3 Å². The third-order valence-corrected chi connectivity index (χ3v) is 8.29. The number of aryl methyl sites for hydroxylation is 2. The molecule has 5 rings (SSSR count). The zero-order valence-electron chi connectivity index (χ0n) is 17.9. The van der Waals surface area contributed by atoms with Crippen molar-refractivity contribution in [3.05, 3.63) is 45.1 Å². The molecule has 5 nitrogen and oxygen atoms in total. The Morgan fingerprint density at radius 3 is 2.81 bits per heavy atom. The number of thioether (sulfide) groups is 1. The largest absolute Gasteiger partial charge is 0.494 e. The summed E-state index contributed by atoms with van der Waals surface area (Å²) in [5, 5.41) is 1.58. The second-order valence-electron chi connectivity index (χ2n) is 8.15. The van der Waals surface area contributed by atoms with Crippen LogP contribution in [0.2, 0.25) is 0 Å². The monoisotopic (exact) mass is 456 g/mol. The molecule has 2 aromatic heterocycles. The average molecular weight is 457 g/mol. The molecule has 31 heavy (non-hydrogen) atoms. The Balaban J connectivity index is 1.58. The van der Waals surface area contributed by atoms with Gasteiger partial charge in [0.05, 0.1) is 23.8 Å². The van der Waals surface area contributed by atoms with E-state index in [1.54, 1.807) is 27.7 Å². The molecule has 0 N–H and O–H groups in total. The van der Waals surface area contributed by atoms with Gasteiger partial charge in [-0.25, -0.2) is 4.98 Å². The molecule has 1 aliphatic heterocycles. The highest BCUT2D eigenvalue weighted by molar-refractivity contribution is 7.99.